The van der Waals surface area contributed by atoms with E-state index in [0.29, 0.717) is 0 Å². The van der Waals surface area contributed by atoms with Gasteiger partial charge in [0.05, 0.1) is 11.8 Å². The zero-order valence-electron chi connectivity index (χ0n) is 13.1. The van der Waals surface area contributed by atoms with Crippen LogP contribution in [0, 0.1) is 23.7 Å². The van der Waals surface area contributed by atoms with Crippen molar-refractivity contribution >= 4 is 22.6 Å². The van der Waals surface area contributed by atoms with E-state index in [4.69, 9.17) is 4.84 Å². The van der Waals surface area contributed by atoms with Gasteiger partial charge in [0.1, 0.15) is 6.61 Å². The molecule has 0 spiro atoms. The average Bonchev–Trinajstić information content (AvgIpc) is 3.28. The number of hydrogen-bond acceptors (Lipinski definition) is 3. The molecule has 2 aromatic rings. The SMILES string of the molecule is O=C1C2C3C=CC(C3)C2C(=O)N1OCc1ccc2ccccc2c1. The third-order valence-corrected chi connectivity index (χ3v) is 5.60. The van der Waals surface area contributed by atoms with Crippen molar-refractivity contribution in [2.24, 2.45) is 23.7 Å². The van der Waals surface area contributed by atoms with Crippen LogP contribution >= 0.6 is 0 Å². The Bertz CT molecular complexity index is 857. The predicted octanol–water partition coefficient (Wildman–Crippen LogP) is 3.08. The first kappa shape index (κ1) is 13.9. The first-order valence-electron chi connectivity index (χ1n) is 8.39. The summed E-state index contributed by atoms with van der Waals surface area (Å²) in [6, 6.07) is 14.1. The second kappa shape index (κ2) is 5.02. The molecule has 120 valence electrons. The molecule has 2 fully saturated rings. The number of nitrogens with zero attached hydrogens (tertiary/aromatic N) is 1. The first-order valence-corrected chi connectivity index (χ1v) is 8.39. The normalized spacial score (nSPS) is 30.6. The minimum Gasteiger partial charge on any atom is -0.272 e. The number of hydroxylamine groups is 2. The smallest absolute Gasteiger partial charge is 0.258 e. The van der Waals surface area contributed by atoms with Gasteiger partial charge in [0.25, 0.3) is 11.8 Å². The van der Waals surface area contributed by atoms with Gasteiger partial charge >= 0.3 is 0 Å². The maximum atomic E-state index is 12.6. The Morgan fingerprint density at radius 2 is 1.58 bits per heavy atom. The van der Waals surface area contributed by atoms with Crippen molar-refractivity contribution in [3.63, 3.8) is 0 Å². The van der Waals surface area contributed by atoms with Crippen LogP contribution in [-0.4, -0.2) is 16.9 Å². The number of imide groups is 1. The Labute approximate surface area is 139 Å². The lowest BCUT2D eigenvalue weighted by atomic mass is 9.85. The monoisotopic (exact) mass is 319 g/mol. The van der Waals surface area contributed by atoms with Gasteiger partial charge in [-0.25, -0.2) is 0 Å². The number of carbonyl (C=O) groups excluding carboxylic acids is 2. The van der Waals surface area contributed by atoms with Gasteiger partial charge in [-0.15, -0.1) is 0 Å². The molecular weight excluding hydrogens is 302 g/mol. The van der Waals surface area contributed by atoms with Crippen LogP contribution in [0.3, 0.4) is 0 Å². The van der Waals surface area contributed by atoms with Crippen LogP contribution in [0.25, 0.3) is 10.8 Å². The van der Waals surface area contributed by atoms with Gasteiger partial charge in [-0.1, -0.05) is 48.6 Å². The molecule has 1 heterocycles. The van der Waals surface area contributed by atoms with Gasteiger partial charge in [-0.3, -0.25) is 14.4 Å². The average molecular weight is 319 g/mol. The summed E-state index contributed by atoms with van der Waals surface area (Å²) in [5.41, 5.74) is 0.951. The zero-order valence-corrected chi connectivity index (χ0v) is 13.1. The molecular formula is C20H17NO3. The van der Waals surface area contributed by atoms with Gasteiger partial charge in [0.15, 0.2) is 0 Å². The van der Waals surface area contributed by atoms with E-state index in [1.807, 2.05) is 36.4 Å². The summed E-state index contributed by atoms with van der Waals surface area (Å²) in [5, 5.41) is 3.31. The molecule has 5 rings (SSSR count). The number of benzene rings is 2. The highest BCUT2D eigenvalue weighted by Gasteiger charge is 2.60. The van der Waals surface area contributed by atoms with Crippen LogP contribution in [0.4, 0.5) is 0 Å². The van der Waals surface area contributed by atoms with E-state index in [1.54, 1.807) is 0 Å². The van der Waals surface area contributed by atoms with Gasteiger partial charge < -0.3 is 0 Å². The summed E-state index contributed by atoms with van der Waals surface area (Å²) in [7, 11) is 0. The van der Waals surface area contributed by atoms with Gasteiger partial charge in [0, 0.05) is 0 Å². The molecule has 2 amide bonds. The Balaban J connectivity index is 1.35. The molecule has 1 saturated heterocycles. The Morgan fingerprint density at radius 3 is 2.29 bits per heavy atom. The summed E-state index contributed by atoms with van der Waals surface area (Å²) in [6.45, 7) is 0.227. The highest BCUT2D eigenvalue weighted by Crippen LogP contribution is 2.52. The van der Waals surface area contributed by atoms with Gasteiger partial charge in [0.2, 0.25) is 0 Å². The van der Waals surface area contributed by atoms with E-state index in [2.05, 4.69) is 18.2 Å². The Hall–Kier alpha value is -2.46. The summed E-state index contributed by atoms with van der Waals surface area (Å²) in [5.74, 6) is -0.310. The minimum atomic E-state index is -0.205. The molecule has 4 unspecified atom stereocenters. The fraction of sp³-hybridized carbons (Fsp3) is 0.300. The minimum absolute atomic E-state index is 0.164. The van der Waals surface area contributed by atoms with Crippen LogP contribution in [0.5, 0.6) is 0 Å². The standard InChI is InChI=1S/C20H17NO3/c22-19-17-15-7-8-16(10-15)18(17)20(23)21(19)24-11-12-5-6-13-3-1-2-4-14(13)9-12/h1-9,15-18H,10-11H2. The Morgan fingerprint density at radius 1 is 0.917 bits per heavy atom. The highest BCUT2D eigenvalue weighted by molar-refractivity contribution is 6.05. The summed E-state index contributed by atoms with van der Waals surface area (Å²) < 4.78 is 0. The molecule has 0 radical (unpaired) electrons. The molecule has 24 heavy (non-hydrogen) atoms. The van der Waals surface area contributed by atoms with Gasteiger partial charge in [-0.2, -0.15) is 5.06 Å². The number of fused-ring (bicyclic) bond motifs is 6. The topological polar surface area (TPSA) is 46.6 Å². The lowest BCUT2D eigenvalue weighted by molar-refractivity contribution is -0.193. The van der Waals surface area contributed by atoms with Crippen LogP contribution in [0.15, 0.2) is 54.6 Å². The fourth-order valence-electron chi connectivity index (χ4n) is 4.47. The van der Waals surface area contributed by atoms with Crippen molar-refractivity contribution in [2.45, 2.75) is 13.0 Å². The third-order valence-electron chi connectivity index (χ3n) is 5.60. The van der Waals surface area contributed by atoms with Crippen LogP contribution < -0.4 is 0 Å². The summed E-state index contributed by atoms with van der Waals surface area (Å²) in [6.07, 6.45) is 5.11. The predicted molar refractivity (Wildman–Crippen MR) is 88.3 cm³/mol. The molecule has 3 aliphatic rings. The van der Waals surface area contributed by atoms with Gasteiger partial charge in [-0.05, 0) is 40.7 Å². The van der Waals surface area contributed by atoms with Crippen LogP contribution in [-0.2, 0) is 21.0 Å². The van der Waals surface area contributed by atoms with E-state index in [-0.39, 0.29) is 42.1 Å². The molecule has 0 N–H and O–H groups in total. The van der Waals surface area contributed by atoms with Crippen molar-refractivity contribution in [1.82, 2.24) is 5.06 Å². The second-order valence-corrected chi connectivity index (χ2v) is 6.93. The van der Waals surface area contributed by atoms with E-state index in [1.165, 1.54) is 0 Å². The van der Waals surface area contributed by atoms with Crippen molar-refractivity contribution in [3.05, 3.63) is 60.2 Å². The number of allylic oxidation sites excluding steroid dienone is 2. The molecule has 1 aliphatic heterocycles. The fourth-order valence-corrected chi connectivity index (χ4v) is 4.47. The quantitative estimate of drug-likeness (QED) is 0.645. The molecule has 2 aromatic carbocycles. The Kier molecular flexibility index (Phi) is 2.91. The largest absolute Gasteiger partial charge is 0.272 e. The molecule has 1 saturated carbocycles. The molecule has 4 heteroatoms. The second-order valence-electron chi connectivity index (χ2n) is 6.93. The van der Waals surface area contributed by atoms with E-state index >= 15 is 0 Å². The number of rotatable bonds is 3. The first-order chi connectivity index (χ1) is 11.7. The maximum Gasteiger partial charge on any atom is 0.258 e. The number of hydrogen-bond donors (Lipinski definition) is 0. The highest BCUT2D eigenvalue weighted by atomic mass is 16.7. The number of carbonyl (C=O) groups is 2. The number of amides is 2. The zero-order chi connectivity index (χ0) is 16.3. The summed E-state index contributed by atoms with van der Waals surface area (Å²) in [4.78, 5) is 30.8. The van der Waals surface area contributed by atoms with Crippen LogP contribution in [0.2, 0.25) is 0 Å². The molecule has 4 atom stereocenters. The molecule has 4 nitrogen and oxygen atoms in total. The molecule has 2 aliphatic carbocycles. The third kappa shape index (κ3) is 1.89. The van der Waals surface area contributed by atoms with Crippen LogP contribution in [0.1, 0.15) is 12.0 Å². The van der Waals surface area contributed by atoms with Crippen molar-refractivity contribution in [1.29, 1.82) is 0 Å². The van der Waals surface area contributed by atoms with E-state index in [0.717, 1.165) is 27.8 Å². The van der Waals surface area contributed by atoms with E-state index < -0.39 is 0 Å². The lowest BCUT2D eigenvalue weighted by Crippen LogP contribution is -2.32. The van der Waals surface area contributed by atoms with Crippen molar-refractivity contribution in [2.75, 3.05) is 0 Å². The van der Waals surface area contributed by atoms with Crippen molar-refractivity contribution < 1.29 is 14.4 Å². The summed E-state index contributed by atoms with van der Waals surface area (Å²) >= 11 is 0. The molecule has 2 bridgehead atoms. The molecule has 0 aromatic heterocycles. The lowest BCUT2D eigenvalue weighted by Gasteiger charge is -2.16. The van der Waals surface area contributed by atoms with E-state index in [9.17, 15) is 9.59 Å². The van der Waals surface area contributed by atoms with Crippen molar-refractivity contribution in [3.8, 4) is 0 Å². The maximum absolute atomic E-state index is 12.6.